The Balaban J connectivity index is 1.68. The van der Waals surface area contributed by atoms with Gasteiger partial charge in [0.25, 0.3) is 0 Å². The van der Waals surface area contributed by atoms with Crippen molar-refractivity contribution in [1.82, 2.24) is 5.32 Å². The molecule has 0 aromatic heterocycles. The van der Waals surface area contributed by atoms with Crippen LogP contribution in [0.5, 0.6) is 0 Å². The van der Waals surface area contributed by atoms with E-state index in [1.165, 1.54) is 11.0 Å². The summed E-state index contributed by atoms with van der Waals surface area (Å²) >= 11 is 0. The summed E-state index contributed by atoms with van der Waals surface area (Å²) in [5.74, 6) is -0.358. The maximum absolute atomic E-state index is 14.7. The van der Waals surface area contributed by atoms with Gasteiger partial charge in [-0.15, -0.1) is 0 Å². The molecule has 1 aromatic rings. The van der Waals surface area contributed by atoms with E-state index in [0.717, 1.165) is 25.2 Å². The molecule has 0 aliphatic carbocycles. The lowest BCUT2D eigenvalue weighted by Gasteiger charge is -2.37. The van der Waals surface area contributed by atoms with E-state index in [1.54, 1.807) is 12.1 Å². The van der Waals surface area contributed by atoms with Gasteiger partial charge in [0.1, 0.15) is 11.9 Å². The highest BCUT2D eigenvalue weighted by atomic mass is 28.3. The van der Waals surface area contributed by atoms with Crippen LogP contribution in [-0.4, -0.2) is 57.6 Å². The van der Waals surface area contributed by atoms with Crippen LogP contribution in [0.4, 0.5) is 25.4 Å². The van der Waals surface area contributed by atoms with Crippen molar-refractivity contribution in [3.05, 3.63) is 24.0 Å². The molecule has 9 heteroatoms. The molecule has 7 nitrogen and oxygen atoms in total. The molecule has 2 heterocycles. The molecule has 2 N–H and O–H groups in total. The number of hydrogen-bond acceptors (Lipinski definition) is 4. The summed E-state index contributed by atoms with van der Waals surface area (Å²) in [5.41, 5.74) is 0.982. The van der Waals surface area contributed by atoms with Gasteiger partial charge in [-0.3, -0.25) is 4.90 Å². The smallest absolute Gasteiger partial charge is 0.414 e. The zero-order valence-electron chi connectivity index (χ0n) is 15.0. The average molecular weight is 381 g/mol. The minimum atomic E-state index is -1.18. The standard InChI is InChI=1S/C17H24FN3O4Si/c1-26(2)7-5-20(6-8-26)15-4-3-12(9-14(15)18)21-11-13(25-17(21)24)10-19-16(22)23/h3-4,9,13,19H,5-8,10-11H2,1-2H3,(H,22,23). The van der Waals surface area contributed by atoms with Gasteiger partial charge in [-0.25, -0.2) is 14.0 Å². The van der Waals surface area contributed by atoms with Crippen LogP contribution in [0.15, 0.2) is 18.2 Å². The maximum Gasteiger partial charge on any atom is 0.414 e. The third-order valence-electron chi connectivity index (χ3n) is 5.06. The molecule has 0 bridgehead atoms. The lowest BCUT2D eigenvalue weighted by Crippen LogP contribution is -2.43. The van der Waals surface area contributed by atoms with Crippen LogP contribution < -0.4 is 15.1 Å². The first-order chi connectivity index (χ1) is 12.2. The number of hydrogen-bond donors (Lipinski definition) is 2. The second kappa shape index (κ2) is 7.14. The van der Waals surface area contributed by atoms with Crippen LogP contribution in [0, 0.1) is 5.82 Å². The van der Waals surface area contributed by atoms with Crippen LogP contribution in [-0.2, 0) is 4.74 Å². The monoisotopic (exact) mass is 381 g/mol. The molecule has 26 heavy (non-hydrogen) atoms. The molecule has 1 atom stereocenters. The van der Waals surface area contributed by atoms with Gasteiger partial charge in [0.05, 0.1) is 32.5 Å². The first kappa shape index (κ1) is 18.5. The van der Waals surface area contributed by atoms with E-state index < -0.39 is 26.4 Å². The zero-order valence-corrected chi connectivity index (χ0v) is 16.0. The number of nitrogens with one attached hydrogen (secondary N) is 1. The molecule has 2 saturated heterocycles. The number of anilines is 2. The fraction of sp³-hybridized carbons (Fsp3) is 0.529. The van der Waals surface area contributed by atoms with Gasteiger partial charge in [-0.05, 0) is 30.3 Å². The van der Waals surface area contributed by atoms with Gasteiger partial charge in [0.15, 0.2) is 0 Å². The maximum atomic E-state index is 14.7. The summed E-state index contributed by atoms with van der Waals surface area (Å²) in [6.07, 6.45) is -2.36. The summed E-state index contributed by atoms with van der Waals surface area (Å²) in [4.78, 5) is 25.9. The number of nitrogens with zero attached hydrogens (tertiary/aromatic N) is 2. The van der Waals surface area contributed by atoms with Crippen molar-refractivity contribution in [1.29, 1.82) is 0 Å². The SMILES string of the molecule is C[Si]1(C)CCN(c2ccc(N3CC(CNC(=O)O)OC3=O)cc2F)CC1. The van der Waals surface area contributed by atoms with Crippen molar-refractivity contribution >= 4 is 31.6 Å². The van der Waals surface area contributed by atoms with Crippen LogP contribution in [0.25, 0.3) is 0 Å². The largest absolute Gasteiger partial charge is 0.465 e. The number of carbonyl (C=O) groups is 2. The summed E-state index contributed by atoms with van der Waals surface area (Å²) in [6, 6.07) is 7.06. The first-order valence-electron chi connectivity index (χ1n) is 8.75. The Labute approximate surface area is 152 Å². The van der Waals surface area contributed by atoms with Crippen LogP contribution >= 0.6 is 0 Å². The normalized spacial score (nSPS) is 22.3. The highest BCUT2D eigenvalue weighted by Gasteiger charge is 2.33. The van der Waals surface area contributed by atoms with E-state index in [-0.39, 0.29) is 18.9 Å². The van der Waals surface area contributed by atoms with Crippen molar-refractivity contribution in [2.75, 3.05) is 36.0 Å². The van der Waals surface area contributed by atoms with Crippen molar-refractivity contribution in [3.8, 4) is 0 Å². The second-order valence-corrected chi connectivity index (χ2v) is 12.9. The number of carbonyl (C=O) groups excluding carboxylic acids is 1. The molecular formula is C17H24FN3O4Si. The molecule has 3 rings (SSSR count). The number of carboxylic acid groups (broad SMARTS) is 1. The molecule has 0 saturated carbocycles. The predicted octanol–water partition coefficient (Wildman–Crippen LogP) is 2.95. The van der Waals surface area contributed by atoms with Crippen LogP contribution in [0.1, 0.15) is 0 Å². The minimum absolute atomic E-state index is 0.00555. The number of halogens is 1. The number of rotatable bonds is 4. The summed E-state index contributed by atoms with van der Waals surface area (Å²) < 4.78 is 19.8. The van der Waals surface area contributed by atoms with E-state index in [0.29, 0.717) is 11.4 Å². The lowest BCUT2D eigenvalue weighted by molar-refractivity contribution is 0.136. The fourth-order valence-electron chi connectivity index (χ4n) is 3.31. The number of benzene rings is 1. The Morgan fingerprint density at radius 3 is 2.69 bits per heavy atom. The molecule has 2 amide bonds. The molecule has 1 unspecified atom stereocenters. The Morgan fingerprint density at radius 2 is 2.08 bits per heavy atom. The van der Waals surface area contributed by atoms with E-state index in [4.69, 9.17) is 9.84 Å². The van der Waals surface area contributed by atoms with Crippen molar-refractivity contribution in [3.63, 3.8) is 0 Å². The third kappa shape index (κ3) is 4.09. The van der Waals surface area contributed by atoms with Crippen molar-refractivity contribution in [2.24, 2.45) is 0 Å². The van der Waals surface area contributed by atoms with Gasteiger partial charge >= 0.3 is 12.2 Å². The zero-order chi connectivity index (χ0) is 18.9. The topological polar surface area (TPSA) is 82.1 Å². The summed E-state index contributed by atoms with van der Waals surface area (Å²) in [7, 11) is -1.13. The fourth-order valence-corrected chi connectivity index (χ4v) is 5.31. The Bertz CT molecular complexity index is 705. The summed E-state index contributed by atoms with van der Waals surface area (Å²) in [5, 5.41) is 10.8. The molecule has 1 aromatic carbocycles. The second-order valence-electron chi connectivity index (χ2n) is 7.59. The van der Waals surface area contributed by atoms with Gasteiger partial charge in [-0.1, -0.05) is 13.1 Å². The highest BCUT2D eigenvalue weighted by Crippen LogP contribution is 2.31. The minimum Gasteiger partial charge on any atom is -0.465 e. The molecular weight excluding hydrogens is 357 g/mol. The molecule has 0 radical (unpaired) electrons. The molecule has 2 fully saturated rings. The molecule has 0 spiro atoms. The Hall–Kier alpha value is -2.29. The van der Waals surface area contributed by atoms with E-state index in [9.17, 15) is 14.0 Å². The van der Waals surface area contributed by atoms with E-state index in [2.05, 4.69) is 23.3 Å². The number of cyclic esters (lactones) is 1. The Kier molecular flexibility index (Phi) is 5.08. The quantitative estimate of drug-likeness (QED) is 0.784. The number of ether oxygens (including phenoxy) is 1. The molecule has 2 aliphatic rings. The average Bonchev–Trinajstić information content (AvgIpc) is 2.94. The molecule has 142 valence electrons. The van der Waals surface area contributed by atoms with Crippen molar-refractivity contribution in [2.45, 2.75) is 31.3 Å². The van der Waals surface area contributed by atoms with Crippen LogP contribution in [0.2, 0.25) is 25.2 Å². The Morgan fingerprint density at radius 1 is 1.38 bits per heavy atom. The van der Waals surface area contributed by atoms with Gasteiger partial charge in [0, 0.05) is 13.1 Å². The third-order valence-corrected chi connectivity index (χ3v) is 8.21. The summed E-state index contributed by atoms with van der Waals surface area (Å²) in [6.45, 7) is 6.64. The lowest BCUT2D eigenvalue weighted by atomic mass is 10.2. The highest BCUT2D eigenvalue weighted by molar-refractivity contribution is 6.77. The van der Waals surface area contributed by atoms with Gasteiger partial charge in [0.2, 0.25) is 0 Å². The van der Waals surface area contributed by atoms with Crippen molar-refractivity contribution < 1.29 is 23.8 Å². The molecule has 2 aliphatic heterocycles. The first-order valence-corrected chi connectivity index (χ1v) is 12.2. The van der Waals surface area contributed by atoms with E-state index >= 15 is 0 Å². The van der Waals surface area contributed by atoms with Gasteiger partial charge < -0.3 is 20.1 Å². The van der Waals surface area contributed by atoms with Gasteiger partial charge in [-0.2, -0.15) is 0 Å². The van der Waals surface area contributed by atoms with E-state index in [1.807, 2.05) is 0 Å². The predicted molar refractivity (Wildman–Crippen MR) is 99.4 cm³/mol. The van der Waals surface area contributed by atoms with Crippen LogP contribution in [0.3, 0.4) is 0 Å². The number of amides is 2.